The van der Waals surface area contributed by atoms with Gasteiger partial charge in [-0.2, -0.15) is 0 Å². The van der Waals surface area contributed by atoms with Gasteiger partial charge < -0.3 is 5.11 Å². The number of rotatable bonds is 10. The van der Waals surface area contributed by atoms with Gasteiger partial charge in [0.2, 0.25) is 0 Å². The summed E-state index contributed by atoms with van der Waals surface area (Å²) in [7, 11) is 0. The largest absolute Gasteiger partial charge is 0.392 e. The van der Waals surface area contributed by atoms with Gasteiger partial charge in [-0.1, -0.05) is 106 Å². The van der Waals surface area contributed by atoms with Crippen LogP contribution in [0.15, 0.2) is 60.7 Å². The molecule has 2 rings (SSSR count). The van der Waals surface area contributed by atoms with Crippen LogP contribution in [-0.4, -0.2) is 11.2 Å². The van der Waals surface area contributed by atoms with Crippen LogP contribution >= 0.6 is 0 Å². The summed E-state index contributed by atoms with van der Waals surface area (Å²) in [4.78, 5) is 0. The van der Waals surface area contributed by atoms with E-state index < -0.39 is 0 Å². The molecule has 1 unspecified atom stereocenters. The van der Waals surface area contributed by atoms with Crippen LogP contribution in [0.4, 0.5) is 0 Å². The Bertz CT molecular complexity index is 481. The Morgan fingerprint density at radius 1 is 0.696 bits per heavy atom. The van der Waals surface area contributed by atoms with Gasteiger partial charge in [-0.15, -0.1) is 0 Å². The first-order valence-electron chi connectivity index (χ1n) is 9.11. The summed E-state index contributed by atoms with van der Waals surface area (Å²) < 4.78 is 0. The Balaban J connectivity index is 1.97. The molecule has 0 aliphatic heterocycles. The molecule has 0 aromatic heterocycles. The van der Waals surface area contributed by atoms with Crippen LogP contribution in [0.25, 0.3) is 0 Å². The fourth-order valence-corrected chi connectivity index (χ4v) is 3.26. The Labute approximate surface area is 141 Å². The van der Waals surface area contributed by atoms with Crippen LogP contribution in [0.3, 0.4) is 0 Å². The first-order chi connectivity index (χ1) is 11.3. The number of aliphatic hydroxyl groups excluding tert-OH is 1. The molecule has 0 fully saturated rings. The van der Waals surface area contributed by atoms with Crippen molar-refractivity contribution in [1.29, 1.82) is 0 Å². The van der Waals surface area contributed by atoms with Gasteiger partial charge in [-0.05, 0) is 17.5 Å². The van der Waals surface area contributed by atoms with Crippen molar-refractivity contribution in [2.75, 3.05) is 0 Å². The van der Waals surface area contributed by atoms with Gasteiger partial charge in [0, 0.05) is 5.92 Å². The Morgan fingerprint density at radius 2 is 1.17 bits per heavy atom. The average Bonchev–Trinajstić information content (AvgIpc) is 2.60. The van der Waals surface area contributed by atoms with E-state index in [9.17, 15) is 5.11 Å². The molecule has 0 aliphatic carbocycles. The van der Waals surface area contributed by atoms with E-state index in [1.165, 1.54) is 43.2 Å². The van der Waals surface area contributed by atoms with E-state index in [0.717, 1.165) is 12.8 Å². The monoisotopic (exact) mass is 310 g/mol. The van der Waals surface area contributed by atoms with Crippen LogP contribution in [0.2, 0.25) is 0 Å². The zero-order valence-electron chi connectivity index (χ0n) is 14.3. The Hall–Kier alpha value is -1.60. The van der Waals surface area contributed by atoms with E-state index in [0.29, 0.717) is 0 Å². The molecule has 2 aromatic rings. The van der Waals surface area contributed by atoms with Gasteiger partial charge in [0.1, 0.15) is 0 Å². The highest BCUT2D eigenvalue weighted by Crippen LogP contribution is 2.30. The maximum Gasteiger partial charge on any atom is 0.0649 e. The zero-order chi connectivity index (χ0) is 16.3. The maximum atomic E-state index is 10.8. The second-order valence-electron chi connectivity index (χ2n) is 6.42. The average molecular weight is 310 g/mol. The van der Waals surface area contributed by atoms with Crippen molar-refractivity contribution < 1.29 is 5.11 Å². The van der Waals surface area contributed by atoms with E-state index in [-0.39, 0.29) is 12.0 Å². The number of unbranched alkanes of at least 4 members (excludes halogenated alkanes) is 5. The van der Waals surface area contributed by atoms with Crippen molar-refractivity contribution in [2.45, 2.75) is 63.9 Å². The zero-order valence-corrected chi connectivity index (χ0v) is 14.3. The van der Waals surface area contributed by atoms with E-state index >= 15 is 0 Å². The smallest absolute Gasteiger partial charge is 0.0649 e. The van der Waals surface area contributed by atoms with Crippen molar-refractivity contribution in [3.05, 3.63) is 71.8 Å². The van der Waals surface area contributed by atoms with Crippen LogP contribution < -0.4 is 0 Å². The molecule has 124 valence electrons. The fraction of sp³-hybridized carbons (Fsp3) is 0.455. The lowest BCUT2D eigenvalue weighted by Gasteiger charge is -2.24. The molecule has 0 spiro atoms. The highest BCUT2D eigenvalue weighted by atomic mass is 16.3. The normalized spacial score (nSPS) is 12.5. The van der Waals surface area contributed by atoms with E-state index in [1.807, 2.05) is 12.1 Å². The molecule has 0 amide bonds. The van der Waals surface area contributed by atoms with E-state index in [2.05, 4.69) is 55.5 Å². The minimum absolute atomic E-state index is 0.0769. The Kier molecular flexibility index (Phi) is 7.89. The summed E-state index contributed by atoms with van der Waals surface area (Å²) in [5.41, 5.74) is 2.41. The van der Waals surface area contributed by atoms with E-state index in [4.69, 9.17) is 0 Å². The van der Waals surface area contributed by atoms with Gasteiger partial charge in [-0.25, -0.2) is 0 Å². The second kappa shape index (κ2) is 10.2. The summed E-state index contributed by atoms with van der Waals surface area (Å²) in [6, 6.07) is 20.8. The number of hydrogen-bond acceptors (Lipinski definition) is 1. The minimum Gasteiger partial charge on any atom is -0.392 e. The summed E-state index contributed by atoms with van der Waals surface area (Å²) in [5, 5.41) is 10.8. The van der Waals surface area contributed by atoms with Crippen molar-refractivity contribution in [3.63, 3.8) is 0 Å². The maximum absolute atomic E-state index is 10.8. The first kappa shape index (κ1) is 17.7. The van der Waals surface area contributed by atoms with Gasteiger partial charge in [0.15, 0.2) is 0 Å². The number of benzene rings is 2. The predicted molar refractivity (Wildman–Crippen MR) is 98.7 cm³/mol. The van der Waals surface area contributed by atoms with Crippen LogP contribution in [0.1, 0.15) is 68.9 Å². The highest BCUT2D eigenvalue weighted by Gasteiger charge is 2.22. The summed E-state index contributed by atoms with van der Waals surface area (Å²) >= 11 is 0. The lowest BCUT2D eigenvalue weighted by atomic mass is 9.84. The third-order valence-electron chi connectivity index (χ3n) is 4.56. The Morgan fingerprint density at radius 3 is 1.70 bits per heavy atom. The molecular formula is C22H30O. The van der Waals surface area contributed by atoms with Crippen molar-refractivity contribution in [2.24, 2.45) is 0 Å². The molecule has 1 N–H and O–H groups in total. The molecule has 0 heterocycles. The molecule has 1 nitrogen and oxygen atoms in total. The number of hydrogen-bond donors (Lipinski definition) is 1. The minimum atomic E-state index is -0.314. The molecule has 1 atom stereocenters. The lowest BCUT2D eigenvalue weighted by molar-refractivity contribution is 0.143. The second-order valence-corrected chi connectivity index (χ2v) is 6.42. The highest BCUT2D eigenvalue weighted by molar-refractivity contribution is 5.33. The lowest BCUT2D eigenvalue weighted by Crippen LogP contribution is -2.19. The summed E-state index contributed by atoms with van der Waals surface area (Å²) in [5.74, 6) is 0.0769. The quantitative estimate of drug-likeness (QED) is 0.539. The topological polar surface area (TPSA) is 20.2 Å². The van der Waals surface area contributed by atoms with Crippen LogP contribution in [0.5, 0.6) is 0 Å². The molecular weight excluding hydrogens is 280 g/mol. The summed E-state index contributed by atoms with van der Waals surface area (Å²) in [6.45, 7) is 2.24. The van der Waals surface area contributed by atoms with Crippen LogP contribution in [-0.2, 0) is 0 Å². The van der Waals surface area contributed by atoms with Crippen molar-refractivity contribution in [1.82, 2.24) is 0 Å². The van der Waals surface area contributed by atoms with Gasteiger partial charge in [0.25, 0.3) is 0 Å². The molecule has 0 aliphatic rings. The molecule has 0 saturated carbocycles. The molecule has 2 aromatic carbocycles. The number of aliphatic hydroxyl groups is 1. The first-order valence-corrected chi connectivity index (χ1v) is 9.11. The summed E-state index contributed by atoms with van der Waals surface area (Å²) in [6.07, 6.45) is 8.14. The standard InChI is InChI=1S/C22H30O/c1-2-3-4-5-6-13-18-21(23)22(19-14-9-7-10-15-19)20-16-11-8-12-17-20/h7-12,14-17,21-23H,2-6,13,18H2,1H3. The van der Waals surface area contributed by atoms with Gasteiger partial charge >= 0.3 is 0 Å². The molecule has 1 heteroatoms. The third kappa shape index (κ3) is 5.84. The van der Waals surface area contributed by atoms with Gasteiger partial charge in [0.05, 0.1) is 6.10 Å². The third-order valence-corrected chi connectivity index (χ3v) is 4.56. The van der Waals surface area contributed by atoms with E-state index in [1.54, 1.807) is 0 Å². The fourth-order valence-electron chi connectivity index (χ4n) is 3.26. The molecule has 0 radical (unpaired) electrons. The molecule has 0 saturated heterocycles. The molecule has 0 bridgehead atoms. The predicted octanol–water partition coefficient (Wildman–Crippen LogP) is 5.93. The van der Waals surface area contributed by atoms with Crippen molar-refractivity contribution in [3.8, 4) is 0 Å². The molecule has 23 heavy (non-hydrogen) atoms. The van der Waals surface area contributed by atoms with Crippen molar-refractivity contribution >= 4 is 0 Å². The SMILES string of the molecule is CCCCCCCCC(O)C(c1ccccc1)c1ccccc1. The van der Waals surface area contributed by atoms with Crippen LogP contribution in [0, 0.1) is 0 Å². The van der Waals surface area contributed by atoms with Gasteiger partial charge in [-0.3, -0.25) is 0 Å².